The Morgan fingerprint density at radius 2 is 1.50 bits per heavy atom. The molecule has 6 nitrogen and oxygen atoms in total. The maximum atomic E-state index is 12.6. The number of alkyl halides is 1. The summed E-state index contributed by atoms with van der Waals surface area (Å²) in [5.41, 5.74) is -1.72. The highest BCUT2D eigenvalue weighted by atomic mass is 19.1. The molecule has 152 valence electrons. The van der Waals surface area contributed by atoms with Crippen LogP contribution < -0.4 is 5.32 Å². The Bertz CT molecular complexity index is 505. The van der Waals surface area contributed by atoms with Crippen molar-refractivity contribution in [2.75, 3.05) is 6.67 Å². The van der Waals surface area contributed by atoms with Gasteiger partial charge in [0.15, 0.2) is 0 Å². The van der Waals surface area contributed by atoms with E-state index < -0.39 is 36.0 Å². The number of hydrogen-bond donors (Lipinski definition) is 2. The van der Waals surface area contributed by atoms with Crippen molar-refractivity contribution < 1.29 is 23.5 Å². The Morgan fingerprint density at radius 3 is 1.92 bits per heavy atom. The molecule has 0 aliphatic rings. The molecule has 0 fully saturated rings. The number of alkyl carbamates (subject to hydrolysis) is 1. The zero-order chi connectivity index (χ0) is 20.8. The van der Waals surface area contributed by atoms with E-state index in [9.17, 15) is 14.0 Å². The molecule has 0 radical (unpaired) electrons. The van der Waals surface area contributed by atoms with Crippen molar-refractivity contribution in [2.24, 2.45) is 5.41 Å². The minimum absolute atomic E-state index is 0.0175. The van der Waals surface area contributed by atoms with Gasteiger partial charge in [-0.25, -0.2) is 14.0 Å². The van der Waals surface area contributed by atoms with Gasteiger partial charge in [0.05, 0.1) is 0 Å². The second-order valence-corrected chi connectivity index (χ2v) is 9.35. The van der Waals surface area contributed by atoms with Crippen LogP contribution >= 0.6 is 0 Å². The van der Waals surface area contributed by atoms with Gasteiger partial charge in [-0.15, -0.1) is 0 Å². The molecule has 0 saturated carbocycles. The summed E-state index contributed by atoms with van der Waals surface area (Å²) < 4.78 is 23.2. The van der Waals surface area contributed by atoms with E-state index in [-0.39, 0.29) is 17.5 Å². The number of ether oxygens (including phenoxy) is 2. The summed E-state index contributed by atoms with van der Waals surface area (Å²) in [5.74, 6) is -0.542. The monoisotopic (exact) mass is 374 g/mol. The van der Waals surface area contributed by atoms with Crippen LogP contribution in [0, 0.1) is 10.8 Å². The van der Waals surface area contributed by atoms with Crippen LogP contribution in [-0.2, 0) is 14.3 Å². The molecule has 0 rings (SSSR count). The fourth-order valence-electron chi connectivity index (χ4n) is 2.32. The average Bonchev–Trinajstić information content (AvgIpc) is 2.38. The molecule has 1 unspecified atom stereocenters. The first-order chi connectivity index (χ1) is 11.5. The third kappa shape index (κ3) is 11.8. The van der Waals surface area contributed by atoms with Crippen LogP contribution in [0.2, 0.25) is 0 Å². The van der Waals surface area contributed by atoms with E-state index in [4.69, 9.17) is 14.9 Å². The quantitative estimate of drug-likeness (QED) is 0.486. The van der Waals surface area contributed by atoms with Gasteiger partial charge in [0.2, 0.25) is 0 Å². The number of nitrogens with one attached hydrogen (secondary N) is 2. The number of rotatable bonds is 8. The molecule has 0 aromatic carbocycles. The summed E-state index contributed by atoms with van der Waals surface area (Å²) in [7, 11) is 0. The van der Waals surface area contributed by atoms with Crippen molar-refractivity contribution >= 4 is 17.8 Å². The number of hydrogen-bond acceptors (Lipinski definition) is 5. The lowest BCUT2D eigenvalue weighted by molar-refractivity contribution is -0.157. The molecule has 26 heavy (non-hydrogen) atoms. The predicted molar refractivity (Wildman–Crippen MR) is 100 cm³/mol. The van der Waals surface area contributed by atoms with Crippen molar-refractivity contribution in [1.82, 2.24) is 5.32 Å². The molecule has 0 bridgehead atoms. The van der Waals surface area contributed by atoms with Crippen LogP contribution in [0.25, 0.3) is 0 Å². The third-order valence-corrected chi connectivity index (χ3v) is 3.35. The Hall–Kier alpha value is -1.66. The lowest BCUT2D eigenvalue weighted by Gasteiger charge is -2.29. The van der Waals surface area contributed by atoms with Gasteiger partial charge in [-0.3, -0.25) is 0 Å². The first kappa shape index (κ1) is 24.3. The van der Waals surface area contributed by atoms with Gasteiger partial charge in [-0.05, 0) is 66.2 Å². The molecular weight excluding hydrogens is 339 g/mol. The molecule has 0 aliphatic heterocycles. The minimum atomic E-state index is -0.872. The normalized spacial score (nSPS) is 13.7. The van der Waals surface area contributed by atoms with E-state index in [0.29, 0.717) is 12.8 Å². The Morgan fingerprint density at radius 1 is 1.00 bits per heavy atom. The van der Waals surface area contributed by atoms with Crippen molar-refractivity contribution in [3.63, 3.8) is 0 Å². The molecule has 7 heteroatoms. The lowest BCUT2D eigenvalue weighted by atomic mass is 9.81. The van der Waals surface area contributed by atoms with E-state index in [1.165, 1.54) is 0 Å². The minimum Gasteiger partial charge on any atom is -0.458 e. The van der Waals surface area contributed by atoms with Crippen LogP contribution in [0.1, 0.15) is 74.7 Å². The number of halogens is 1. The summed E-state index contributed by atoms with van der Waals surface area (Å²) in [6.07, 6.45) is 0.412. The van der Waals surface area contributed by atoms with Gasteiger partial charge in [-0.1, -0.05) is 13.8 Å². The van der Waals surface area contributed by atoms with Gasteiger partial charge in [0.1, 0.15) is 23.9 Å². The lowest BCUT2D eigenvalue weighted by Crippen LogP contribution is -2.46. The highest BCUT2D eigenvalue weighted by Crippen LogP contribution is 2.28. The summed E-state index contributed by atoms with van der Waals surface area (Å²) in [6.45, 7) is 13.5. The van der Waals surface area contributed by atoms with Crippen molar-refractivity contribution in [2.45, 2.75) is 91.9 Å². The fourth-order valence-corrected chi connectivity index (χ4v) is 2.32. The maximum Gasteiger partial charge on any atom is 0.408 e. The number of carbonyl (C=O) groups excluding carboxylic acids is 2. The van der Waals surface area contributed by atoms with Crippen molar-refractivity contribution in [1.29, 1.82) is 5.41 Å². The van der Waals surface area contributed by atoms with Gasteiger partial charge in [0, 0.05) is 5.71 Å². The van der Waals surface area contributed by atoms with Crippen LogP contribution in [0.3, 0.4) is 0 Å². The second-order valence-electron chi connectivity index (χ2n) is 9.35. The summed E-state index contributed by atoms with van der Waals surface area (Å²) in [5, 5.41) is 10.1. The summed E-state index contributed by atoms with van der Waals surface area (Å²) in [6, 6.07) is -0.872. The van der Waals surface area contributed by atoms with E-state index in [0.717, 1.165) is 0 Å². The van der Waals surface area contributed by atoms with Crippen molar-refractivity contribution in [3.05, 3.63) is 0 Å². The van der Waals surface area contributed by atoms with Gasteiger partial charge >= 0.3 is 12.1 Å². The zero-order valence-electron chi connectivity index (χ0n) is 17.4. The molecule has 0 spiro atoms. The van der Waals surface area contributed by atoms with E-state index in [2.05, 4.69) is 5.32 Å². The van der Waals surface area contributed by atoms with E-state index in [1.807, 2.05) is 13.8 Å². The summed E-state index contributed by atoms with van der Waals surface area (Å²) >= 11 is 0. The number of esters is 1. The first-order valence-corrected chi connectivity index (χ1v) is 8.89. The molecule has 0 heterocycles. The van der Waals surface area contributed by atoms with Crippen molar-refractivity contribution in [3.8, 4) is 0 Å². The van der Waals surface area contributed by atoms with Crippen LogP contribution in [0.4, 0.5) is 9.18 Å². The SMILES string of the molecule is CC(C)(CCC(NC(=O)OC(C)(C)C)C(=O)OC(C)(C)C)CC(=N)CF. The first-order valence-electron chi connectivity index (χ1n) is 8.89. The molecule has 0 aliphatic carbocycles. The molecule has 0 aromatic heterocycles. The molecule has 2 N–H and O–H groups in total. The highest BCUT2D eigenvalue weighted by molar-refractivity contribution is 5.83. The maximum absolute atomic E-state index is 12.6. The smallest absolute Gasteiger partial charge is 0.408 e. The average molecular weight is 374 g/mol. The second kappa shape index (κ2) is 9.33. The standard InChI is InChI=1S/C19H35FN2O4/c1-17(2,3)25-15(23)14(22-16(24)26-18(4,5)6)9-10-19(7,8)11-13(21)12-20/h14,21H,9-12H2,1-8H3,(H,22,24). The molecule has 1 amide bonds. The third-order valence-electron chi connectivity index (χ3n) is 3.35. The van der Waals surface area contributed by atoms with Crippen LogP contribution in [0.15, 0.2) is 0 Å². The molecule has 0 aromatic rings. The highest BCUT2D eigenvalue weighted by Gasteiger charge is 2.31. The topological polar surface area (TPSA) is 88.5 Å². The number of amides is 1. The molecule has 0 saturated heterocycles. The van der Waals surface area contributed by atoms with Gasteiger partial charge in [-0.2, -0.15) is 0 Å². The van der Waals surface area contributed by atoms with Gasteiger partial charge < -0.3 is 20.2 Å². The Labute approximate surface area is 156 Å². The zero-order valence-corrected chi connectivity index (χ0v) is 17.4. The molecule has 1 atom stereocenters. The van der Waals surface area contributed by atoms with Crippen LogP contribution in [0.5, 0.6) is 0 Å². The largest absolute Gasteiger partial charge is 0.458 e. The van der Waals surface area contributed by atoms with E-state index in [1.54, 1.807) is 41.5 Å². The number of carbonyl (C=O) groups is 2. The van der Waals surface area contributed by atoms with Crippen LogP contribution in [-0.4, -0.2) is 41.7 Å². The predicted octanol–water partition coefficient (Wildman–Crippen LogP) is 4.41. The van der Waals surface area contributed by atoms with Gasteiger partial charge in [0.25, 0.3) is 0 Å². The molecular formula is C19H35FN2O4. The Kier molecular flexibility index (Phi) is 8.73. The Balaban J connectivity index is 5.06. The fraction of sp³-hybridized carbons (Fsp3) is 0.842. The van der Waals surface area contributed by atoms with E-state index >= 15 is 0 Å². The summed E-state index contributed by atoms with van der Waals surface area (Å²) in [4.78, 5) is 24.5.